The maximum Gasteiger partial charge on any atom is 0.175 e. The predicted octanol–water partition coefficient (Wildman–Crippen LogP) is 5.09. The second kappa shape index (κ2) is 7.43. The first-order valence-electron chi connectivity index (χ1n) is 6.19. The molecule has 0 saturated heterocycles. The van der Waals surface area contributed by atoms with Gasteiger partial charge in [-0.05, 0) is 47.5 Å². The first kappa shape index (κ1) is 15.8. The van der Waals surface area contributed by atoms with Gasteiger partial charge >= 0.3 is 0 Å². The molecule has 0 N–H and O–H groups in total. The number of aryl methyl sites for hydroxylation is 1. The highest BCUT2D eigenvalue weighted by Crippen LogP contribution is 2.38. The highest BCUT2D eigenvalue weighted by Gasteiger charge is 2.13. The molecular weight excluding hydrogens is 406 g/mol. The minimum absolute atomic E-state index is 0.449. The van der Waals surface area contributed by atoms with Crippen molar-refractivity contribution in [2.75, 3.05) is 6.61 Å². The summed E-state index contributed by atoms with van der Waals surface area (Å²) in [6, 6.07) is 4.02. The summed E-state index contributed by atoms with van der Waals surface area (Å²) < 4.78 is 12.4. The Bertz CT molecular complexity index is 587. The molecule has 0 aliphatic heterocycles. The van der Waals surface area contributed by atoms with E-state index in [1.165, 1.54) is 0 Å². The maximum atomic E-state index is 5.88. The van der Waals surface area contributed by atoms with Crippen molar-refractivity contribution in [3.8, 4) is 11.5 Å². The van der Waals surface area contributed by atoms with Gasteiger partial charge in [0.25, 0.3) is 0 Å². The van der Waals surface area contributed by atoms with Crippen molar-refractivity contribution < 1.29 is 9.47 Å². The summed E-state index contributed by atoms with van der Waals surface area (Å²) in [5, 5.41) is 3.75. The molecule has 6 heteroatoms. The van der Waals surface area contributed by atoms with Crippen LogP contribution in [0.4, 0.5) is 0 Å². The summed E-state index contributed by atoms with van der Waals surface area (Å²) in [5.41, 5.74) is 2.16. The van der Waals surface area contributed by atoms with Crippen molar-refractivity contribution in [2.24, 2.45) is 0 Å². The molecule has 2 aromatic rings. The third-order valence-corrected chi connectivity index (χ3v) is 4.71. The Balaban J connectivity index is 2.20. The van der Waals surface area contributed by atoms with E-state index in [1.807, 2.05) is 31.4 Å². The van der Waals surface area contributed by atoms with Crippen LogP contribution in [-0.2, 0) is 11.9 Å². The average Bonchev–Trinajstić information content (AvgIpc) is 2.83. The van der Waals surface area contributed by atoms with E-state index in [1.54, 1.807) is 11.3 Å². The van der Waals surface area contributed by atoms with E-state index in [-0.39, 0.29) is 0 Å². The third-order valence-electron chi connectivity index (χ3n) is 2.53. The van der Waals surface area contributed by atoms with Gasteiger partial charge in [-0.1, -0.05) is 15.9 Å². The van der Waals surface area contributed by atoms with Crippen molar-refractivity contribution >= 4 is 43.2 Å². The molecule has 0 aliphatic carbocycles. The minimum atomic E-state index is 0.449. The molecular formula is C14H15Br2NO2S. The molecule has 0 atom stereocenters. The number of ether oxygens (including phenoxy) is 2. The van der Waals surface area contributed by atoms with Gasteiger partial charge in [0.2, 0.25) is 0 Å². The van der Waals surface area contributed by atoms with Crippen molar-refractivity contribution in [2.45, 2.75) is 25.8 Å². The molecule has 108 valence electrons. The first-order chi connectivity index (χ1) is 9.63. The van der Waals surface area contributed by atoms with Crippen LogP contribution >= 0.6 is 43.2 Å². The largest absolute Gasteiger partial charge is 0.490 e. The zero-order valence-electron chi connectivity index (χ0n) is 11.3. The van der Waals surface area contributed by atoms with Crippen molar-refractivity contribution in [1.82, 2.24) is 4.98 Å². The van der Waals surface area contributed by atoms with Crippen LogP contribution in [0.2, 0.25) is 0 Å². The van der Waals surface area contributed by atoms with E-state index in [0.717, 1.165) is 37.6 Å². The third kappa shape index (κ3) is 3.96. The van der Waals surface area contributed by atoms with Gasteiger partial charge in [-0.25, -0.2) is 4.98 Å². The van der Waals surface area contributed by atoms with E-state index in [9.17, 15) is 0 Å². The van der Waals surface area contributed by atoms with E-state index >= 15 is 0 Å². The fraction of sp³-hybridized carbons (Fsp3) is 0.357. The van der Waals surface area contributed by atoms with Crippen LogP contribution in [0, 0.1) is 6.92 Å². The first-order valence-corrected chi connectivity index (χ1v) is 8.98. The molecule has 3 nitrogen and oxygen atoms in total. The molecule has 1 aromatic heterocycles. The molecule has 0 aliphatic rings. The zero-order chi connectivity index (χ0) is 14.5. The number of aromatic nitrogens is 1. The van der Waals surface area contributed by atoms with Crippen molar-refractivity contribution in [1.29, 1.82) is 0 Å². The Morgan fingerprint density at radius 1 is 1.30 bits per heavy atom. The molecule has 0 fully saturated rings. The topological polar surface area (TPSA) is 31.4 Å². The number of hydrogen-bond donors (Lipinski definition) is 0. The van der Waals surface area contributed by atoms with Crippen LogP contribution < -0.4 is 9.47 Å². The summed E-state index contributed by atoms with van der Waals surface area (Å²) in [5.74, 6) is 1.48. The Hall–Kier alpha value is -0.590. The summed E-state index contributed by atoms with van der Waals surface area (Å²) in [6.07, 6.45) is 0. The monoisotopic (exact) mass is 419 g/mol. The molecule has 0 bridgehead atoms. The lowest BCUT2D eigenvalue weighted by atomic mass is 10.2. The van der Waals surface area contributed by atoms with Crippen LogP contribution in [0.1, 0.15) is 23.2 Å². The summed E-state index contributed by atoms with van der Waals surface area (Å²) in [6.45, 7) is 4.99. The molecule has 0 spiro atoms. The van der Waals surface area contributed by atoms with E-state index < -0.39 is 0 Å². The minimum Gasteiger partial charge on any atom is -0.490 e. The second-order valence-corrected chi connectivity index (χ2v) is 6.50. The highest BCUT2D eigenvalue weighted by molar-refractivity contribution is 9.10. The smallest absolute Gasteiger partial charge is 0.175 e. The second-order valence-electron chi connectivity index (χ2n) is 4.14. The van der Waals surface area contributed by atoms with Gasteiger partial charge in [-0.2, -0.15) is 0 Å². The lowest BCUT2D eigenvalue weighted by Gasteiger charge is -2.14. The Kier molecular flexibility index (Phi) is 5.86. The SMILES string of the molecule is CCOc1cc(CBr)cc(Br)c1OCc1nc(C)cs1. The Morgan fingerprint density at radius 2 is 2.10 bits per heavy atom. The molecule has 0 unspecified atom stereocenters. The van der Waals surface area contributed by atoms with E-state index in [4.69, 9.17) is 9.47 Å². The number of benzene rings is 1. The molecule has 2 rings (SSSR count). The van der Waals surface area contributed by atoms with Gasteiger partial charge in [0.1, 0.15) is 11.6 Å². The van der Waals surface area contributed by atoms with Crippen LogP contribution in [0.3, 0.4) is 0 Å². The van der Waals surface area contributed by atoms with E-state index in [0.29, 0.717) is 13.2 Å². The number of halogens is 2. The van der Waals surface area contributed by atoms with Gasteiger partial charge in [0.05, 0.1) is 11.1 Å². The molecule has 0 radical (unpaired) electrons. The van der Waals surface area contributed by atoms with Crippen molar-refractivity contribution in [3.05, 3.63) is 38.3 Å². The van der Waals surface area contributed by atoms with Gasteiger partial charge in [0.15, 0.2) is 11.5 Å². The number of nitrogens with zero attached hydrogens (tertiary/aromatic N) is 1. The van der Waals surface area contributed by atoms with Crippen LogP contribution in [0.5, 0.6) is 11.5 Å². The Morgan fingerprint density at radius 3 is 2.70 bits per heavy atom. The summed E-state index contributed by atoms with van der Waals surface area (Å²) in [4.78, 5) is 4.39. The average molecular weight is 421 g/mol. The molecule has 0 saturated carbocycles. The van der Waals surface area contributed by atoms with E-state index in [2.05, 4.69) is 36.8 Å². The van der Waals surface area contributed by atoms with Crippen LogP contribution in [0.25, 0.3) is 0 Å². The standard InChI is InChI=1S/C14H15Br2NO2S/c1-3-18-12-5-10(6-15)4-11(16)14(12)19-7-13-17-9(2)8-20-13/h4-5,8H,3,6-7H2,1-2H3. The quantitative estimate of drug-likeness (QED) is 0.610. The Labute approximate surface area is 139 Å². The van der Waals surface area contributed by atoms with Crippen molar-refractivity contribution in [3.63, 3.8) is 0 Å². The maximum absolute atomic E-state index is 5.88. The highest BCUT2D eigenvalue weighted by atomic mass is 79.9. The number of alkyl halides is 1. The normalized spacial score (nSPS) is 10.6. The fourth-order valence-corrected chi connectivity index (χ4v) is 3.32. The molecule has 1 aromatic carbocycles. The molecule has 1 heterocycles. The van der Waals surface area contributed by atoms with Crippen LogP contribution in [0.15, 0.2) is 22.0 Å². The lowest BCUT2D eigenvalue weighted by Crippen LogP contribution is -2.01. The lowest BCUT2D eigenvalue weighted by molar-refractivity contribution is 0.267. The molecule has 20 heavy (non-hydrogen) atoms. The molecule has 0 amide bonds. The number of thiazole rings is 1. The van der Waals surface area contributed by atoms with Gasteiger partial charge < -0.3 is 9.47 Å². The number of hydrogen-bond acceptors (Lipinski definition) is 4. The predicted molar refractivity (Wildman–Crippen MR) is 89.1 cm³/mol. The zero-order valence-corrected chi connectivity index (χ0v) is 15.3. The summed E-state index contributed by atoms with van der Waals surface area (Å²) in [7, 11) is 0. The fourth-order valence-electron chi connectivity index (χ4n) is 1.70. The van der Waals surface area contributed by atoms with Gasteiger partial charge in [0, 0.05) is 16.4 Å². The van der Waals surface area contributed by atoms with Gasteiger partial charge in [-0.15, -0.1) is 11.3 Å². The number of rotatable bonds is 6. The van der Waals surface area contributed by atoms with Crippen LogP contribution in [-0.4, -0.2) is 11.6 Å². The summed E-state index contributed by atoms with van der Waals surface area (Å²) >= 11 is 8.60. The van der Waals surface area contributed by atoms with Gasteiger partial charge in [-0.3, -0.25) is 0 Å².